The van der Waals surface area contributed by atoms with Crippen LogP contribution in [0.2, 0.25) is 0 Å². The fraction of sp³-hybridized carbons (Fsp3) is 0.0769. The Hall–Kier alpha value is -3.19. The van der Waals surface area contributed by atoms with Crippen LogP contribution < -0.4 is 5.56 Å². The zero-order chi connectivity index (χ0) is 21.5. The van der Waals surface area contributed by atoms with E-state index in [4.69, 9.17) is 4.98 Å². The summed E-state index contributed by atoms with van der Waals surface area (Å²) in [5, 5.41) is 1.79. The highest BCUT2D eigenvalue weighted by Gasteiger charge is 2.12. The summed E-state index contributed by atoms with van der Waals surface area (Å²) in [5.74, 6) is 0.607. The van der Waals surface area contributed by atoms with Gasteiger partial charge in [-0.15, -0.1) is 0 Å². The molecule has 3 aromatic carbocycles. The van der Waals surface area contributed by atoms with Crippen LogP contribution in [-0.2, 0) is 7.05 Å². The zero-order valence-corrected chi connectivity index (χ0v) is 19.4. The van der Waals surface area contributed by atoms with Crippen molar-refractivity contribution in [3.05, 3.63) is 104 Å². The van der Waals surface area contributed by atoms with Crippen LogP contribution in [-0.4, -0.2) is 14.1 Å². The van der Waals surface area contributed by atoms with Crippen molar-refractivity contribution in [1.82, 2.24) is 14.1 Å². The largest absolute Gasteiger partial charge is 0.350 e. The number of nitrogens with zero attached hydrogens (tertiary/aromatic N) is 3. The Morgan fingerprint density at radius 3 is 2.52 bits per heavy atom. The van der Waals surface area contributed by atoms with Crippen LogP contribution in [0.5, 0.6) is 0 Å². The Morgan fingerprint density at radius 2 is 1.71 bits per heavy atom. The van der Waals surface area contributed by atoms with Crippen molar-refractivity contribution in [2.75, 3.05) is 0 Å². The molecule has 0 bridgehead atoms. The first-order valence-electron chi connectivity index (χ1n) is 10.0. The van der Waals surface area contributed by atoms with Crippen LogP contribution in [0.1, 0.15) is 17.0 Å². The first kappa shape index (κ1) is 19.8. The summed E-state index contributed by atoms with van der Waals surface area (Å²) in [6.45, 7) is 2.04. The Kier molecular flexibility index (Phi) is 4.98. The maximum absolute atomic E-state index is 13.5. The van der Waals surface area contributed by atoms with Gasteiger partial charge in [-0.25, -0.2) is 4.98 Å². The molecule has 0 atom stereocenters. The molecule has 152 valence electrons. The first-order valence-corrected chi connectivity index (χ1v) is 11.1. The van der Waals surface area contributed by atoms with E-state index in [2.05, 4.69) is 45.5 Å². The Morgan fingerprint density at radius 1 is 0.935 bits per heavy atom. The van der Waals surface area contributed by atoms with E-state index < -0.39 is 0 Å². The maximum Gasteiger partial charge on any atom is 0.266 e. The lowest BCUT2D eigenvalue weighted by Gasteiger charge is -2.12. The first-order chi connectivity index (χ1) is 15.0. The van der Waals surface area contributed by atoms with Crippen molar-refractivity contribution in [2.45, 2.75) is 6.92 Å². The fourth-order valence-corrected chi connectivity index (χ4v) is 4.39. The molecule has 0 aliphatic carbocycles. The number of hydrogen-bond acceptors (Lipinski definition) is 2. The Bertz CT molecular complexity index is 1520. The van der Waals surface area contributed by atoms with E-state index in [0.717, 1.165) is 20.4 Å². The molecule has 5 aromatic rings. The molecule has 0 N–H and O–H groups in total. The maximum atomic E-state index is 13.5. The molecule has 2 heterocycles. The highest BCUT2D eigenvalue weighted by molar-refractivity contribution is 14.1. The Labute approximate surface area is 193 Å². The van der Waals surface area contributed by atoms with Crippen molar-refractivity contribution in [3.63, 3.8) is 0 Å². The van der Waals surface area contributed by atoms with E-state index in [-0.39, 0.29) is 5.56 Å². The van der Waals surface area contributed by atoms with Crippen molar-refractivity contribution in [2.24, 2.45) is 7.05 Å². The summed E-state index contributed by atoms with van der Waals surface area (Å²) in [5.41, 5.74) is 4.84. The third-order valence-electron chi connectivity index (χ3n) is 5.49. The van der Waals surface area contributed by atoms with Gasteiger partial charge in [-0.1, -0.05) is 35.9 Å². The van der Waals surface area contributed by atoms with Crippen molar-refractivity contribution in [1.29, 1.82) is 0 Å². The van der Waals surface area contributed by atoms with Gasteiger partial charge in [0.1, 0.15) is 5.82 Å². The molecule has 4 nitrogen and oxygen atoms in total. The number of aryl methyl sites for hydroxylation is 2. The van der Waals surface area contributed by atoms with E-state index in [0.29, 0.717) is 16.7 Å². The highest BCUT2D eigenvalue weighted by atomic mass is 127. The molecule has 0 saturated carbocycles. The van der Waals surface area contributed by atoms with Crippen LogP contribution in [0, 0.1) is 10.5 Å². The average molecular weight is 517 g/mol. The van der Waals surface area contributed by atoms with Gasteiger partial charge in [-0.05, 0) is 78.1 Å². The summed E-state index contributed by atoms with van der Waals surface area (Å²) in [6.07, 6.45) is 6.06. The monoisotopic (exact) mass is 517 g/mol. The number of aromatic nitrogens is 3. The van der Waals surface area contributed by atoms with Gasteiger partial charge in [0.15, 0.2) is 0 Å². The van der Waals surface area contributed by atoms with Gasteiger partial charge >= 0.3 is 0 Å². The van der Waals surface area contributed by atoms with Gasteiger partial charge in [-0.3, -0.25) is 9.36 Å². The molecular weight excluding hydrogens is 497 g/mol. The van der Waals surface area contributed by atoms with Crippen LogP contribution in [0.25, 0.3) is 39.6 Å². The van der Waals surface area contributed by atoms with Gasteiger partial charge in [0.2, 0.25) is 0 Å². The number of benzene rings is 3. The number of hydrogen-bond donors (Lipinski definition) is 0. The molecule has 0 radical (unpaired) electrons. The zero-order valence-electron chi connectivity index (χ0n) is 17.2. The molecule has 31 heavy (non-hydrogen) atoms. The molecule has 0 fully saturated rings. The standard InChI is InChI=1S/C26H20IN3O/c1-17-7-11-20(12-8-17)30-25(28-23-13-10-19(27)15-22(23)26(30)31)14-9-18-16-29(2)24-6-4-3-5-21(18)24/h3-16H,1-2H3. The van der Waals surface area contributed by atoms with Gasteiger partial charge in [-0.2, -0.15) is 0 Å². The van der Waals surface area contributed by atoms with Gasteiger partial charge in [0.05, 0.1) is 16.6 Å². The van der Waals surface area contributed by atoms with E-state index in [1.54, 1.807) is 4.57 Å². The van der Waals surface area contributed by atoms with Gasteiger partial charge in [0.25, 0.3) is 5.56 Å². The molecule has 0 unspecified atom stereocenters. The molecule has 0 aliphatic rings. The third kappa shape index (κ3) is 3.59. The molecule has 0 spiro atoms. The minimum Gasteiger partial charge on any atom is -0.350 e. The van der Waals surface area contributed by atoms with E-state index in [1.165, 1.54) is 10.9 Å². The topological polar surface area (TPSA) is 39.8 Å². The van der Waals surface area contributed by atoms with Crippen molar-refractivity contribution < 1.29 is 0 Å². The SMILES string of the molecule is Cc1ccc(-n2c(C=Cc3cn(C)c4ccccc34)nc3ccc(I)cc3c2=O)cc1. The molecule has 2 aromatic heterocycles. The summed E-state index contributed by atoms with van der Waals surface area (Å²) in [6, 6.07) is 22.0. The van der Waals surface area contributed by atoms with Crippen molar-refractivity contribution >= 4 is 56.5 Å². The second kappa shape index (κ2) is 7.81. The summed E-state index contributed by atoms with van der Waals surface area (Å²) < 4.78 is 4.82. The number of rotatable bonds is 3. The molecular formula is C26H20IN3O. The molecule has 0 saturated heterocycles. The predicted octanol–water partition coefficient (Wildman–Crippen LogP) is 5.96. The lowest BCUT2D eigenvalue weighted by Crippen LogP contribution is -2.22. The molecule has 5 rings (SSSR count). The average Bonchev–Trinajstić information content (AvgIpc) is 3.10. The van der Waals surface area contributed by atoms with Crippen LogP contribution >= 0.6 is 22.6 Å². The van der Waals surface area contributed by atoms with E-state index in [1.807, 2.05) is 80.7 Å². The summed E-state index contributed by atoms with van der Waals surface area (Å²) in [4.78, 5) is 18.3. The predicted molar refractivity (Wildman–Crippen MR) is 137 cm³/mol. The number of fused-ring (bicyclic) bond motifs is 2. The quantitative estimate of drug-likeness (QED) is 0.277. The van der Waals surface area contributed by atoms with E-state index in [9.17, 15) is 4.79 Å². The summed E-state index contributed by atoms with van der Waals surface area (Å²) >= 11 is 2.23. The normalized spacial score (nSPS) is 11.7. The van der Waals surface area contributed by atoms with Crippen LogP contribution in [0.3, 0.4) is 0 Å². The van der Waals surface area contributed by atoms with Gasteiger partial charge in [0, 0.05) is 33.3 Å². The van der Waals surface area contributed by atoms with E-state index >= 15 is 0 Å². The minimum atomic E-state index is -0.0649. The molecule has 5 heteroatoms. The van der Waals surface area contributed by atoms with Crippen molar-refractivity contribution in [3.8, 4) is 5.69 Å². The number of para-hydroxylation sites is 1. The molecule has 0 aliphatic heterocycles. The lowest BCUT2D eigenvalue weighted by atomic mass is 10.1. The van der Waals surface area contributed by atoms with Gasteiger partial charge < -0.3 is 4.57 Å². The van der Waals surface area contributed by atoms with Crippen LogP contribution in [0.4, 0.5) is 0 Å². The fourth-order valence-electron chi connectivity index (χ4n) is 3.90. The summed E-state index contributed by atoms with van der Waals surface area (Å²) in [7, 11) is 2.04. The smallest absolute Gasteiger partial charge is 0.266 e. The number of halogens is 1. The Balaban J connectivity index is 1.74. The second-order valence-corrected chi connectivity index (χ2v) is 8.90. The lowest BCUT2D eigenvalue weighted by molar-refractivity contribution is 0.943. The third-order valence-corrected chi connectivity index (χ3v) is 6.16. The molecule has 0 amide bonds. The highest BCUT2D eigenvalue weighted by Crippen LogP contribution is 2.23. The second-order valence-electron chi connectivity index (χ2n) is 7.65. The minimum absolute atomic E-state index is 0.0649. The van der Waals surface area contributed by atoms with Crippen LogP contribution in [0.15, 0.2) is 77.7 Å².